The fourth-order valence-corrected chi connectivity index (χ4v) is 3.25. The molecule has 21 heavy (non-hydrogen) atoms. The molecule has 4 nitrogen and oxygen atoms in total. The van der Waals surface area contributed by atoms with E-state index in [2.05, 4.69) is 15.9 Å². The zero-order valence-electron chi connectivity index (χ0n) is 11.9. The van der Waals surface area contributed by atoms with Crippen molar-refractivity contribution in [2.24, 2.45) is 5.92 Å². The average molecular weight is 354 g/mol. The number of amides is 1. The topological polar surface area (TPSA) is 57.6 Å². The van der Waals surface area contributed by atoms with Crippen LogP contribution in [-0.4, -0.2) is 35.0 Å². The molecule has 0 spiro atoms. The van der Waals surface area contributed by atoms with Crippen LogP contribution >= 0.6 is 15.9 Å². The molecule has 1 unspecified atom stereocenters. The standard InChI is InChI=1S/C16H20BrNO3/c17-14-5-1-3-12(9-14)6-7-15(19)18-8-2-4-13(11-18)10-16(20)21/h1,3,5,9,13H,2,4,6-8,10-11H2,(H,20,21). The van der Waals surface area contributed by atoms with Crippen LogP contribution in [0.2, 0.25) is 0 Å². The molecule has 1 aliphatic rings. The third-order valence-electron chi connectivity index (χ3n) is 3.85. The maximum absolute atomic E-state index is 12.3. The molecule has 114 valence electrons. The Morgan fingerprint density at radius 2 is 2.19 bits per heavy atom. The molecule has 1 aromatic carbocycles. The van der Waals surface area contributed by atoms with Crippen LogP contribution in [-0.2, 0) is 16.0 Å². The summed E-state index contributed by atoms with van der Waals surface area (Å²) in [5.41, 5.74) is 1.14. The normalized spacial score (nSPS) is 18.5. The van der Waals surface area contributed by atoms with E-state index in [0.717, 1.165) is 35.8 Å². The highest BCUT2D eigenvalue weighted by atomic mass is 79.9. The lowest BCUT2D eigenvalue weighted by atomic mass is 9.94. The smallest absolute Gasteiger partial charge is 0.303 e. The van der Waals surface area contributed by atoms with Gasteiger partial charge in [0.15, 0.2) is 0 Å². The summed E-state index contributed by atoms with van der Waals surface area (Å²) in [6.07, 6.45) is 3.17. The van der Waals surface area contributed by atoms with Gasteiger partial charge in [-0.2, -0.15) is 0 Å². The summed E-state index contributed by atoms with van der Waals surface area (Å²) in [4.78, 5) is 24.9. The SMILES string of the molecule is O=C(O)CC1CCCN(C(=O)CCc2cccc(Br)c2)C1. The Kier molecular flexibility index (Phi) is 5.79. The first-order valence-corrected chi connectivity index (χ1v) is 8.08. The minimum absolute atomic E-state index is 0.103. The van der Waals surface area contributed by atoms with Crippen molar-refractivity contribution in [2.75, 3.05) is 13.1 Å². The first kappa shape index (κ1) is 16.0. The minimum atomic E-state index is -0.775. The van der Waals surface area contributed by atoms with Gasteiger partial charge in [0.05, 0.1) is 0 Å². The molecule has 0 aromatic heterocycles. The van der Waals surface area contributed by atoms with Crippen LogP contribution in [0.15, 0.2) is 28.7 Å². The number of carbonyl (C=O) groups excluding carboxylic acids is 1. The zero-order valence-corrected chi connectivity index (χ0v) is 13.5. The van der Waals surface area contributed by atoms with Crippen molar-refractivity contribution in [3.05, 3.63) is 34.3 Å². The summed E-state index contributed by atoms with van der Waals surface area (Å²) >= 11 is 3.43. The number of aryl methyl sites for hydroxylation is 1. The molecule has 1 aromatic rings. The van der Waals surface area contributed by atoms with E-state index in [1.165, 1.54) is 0 Å². The van der Waals surface area contributed by atoms with E-state index in [4.69, 9.17) is 5.11 Å². The summed E-state index contributed by atoms with van der Waals surface area (Å²) in [6.45, 7) is 1.34. The van der Waals surface area contributed by atoms with Crippen molar-refractivity contribution >= 4 is 27.8 Å². The summed E-state index contributed by atoms with van der Waals surface area (Å²) in [6, 6.07) is 7.97. The number of hydrogen-bond acceptors (Lipinski definition) is 2. The number of carboxylic acid groups (broad SMARTS) is 1. The van der Waals surface area contributed by atoms with Crippen molar-refractivity contribution in [2.45, 2.75) is 32.1 Å². The number of benzene rings is 1. The highest BCUT2D eigenvalue weighted by Gasteiger charge is 2.24. The first-order valence-electron chi connectivity index (χ1n) is 7.28. The van der Waals surface area contributed by atoms with Crippen LogP contribution in [0.5, 0.6) is 0 Å². The molecule has 1 atom stereocenters. The predicted octanol–water partition coefficient (Wildman–Crippen LogP) is 3.10. The van der Waals surface area contributed by atoms with Crippen molar-refractivity contribution in [1.29, 1.82) is 0 Å². The molecule has 0 radical (unpaired) electrons. The van der Waals surface area contributed by atoms with Crippen LogP contribution in [0.1, 0.15) is 31.2 Å². The number of piperidine rings is 1. The Morgan fingerprint density at radius 3 is 2.90 bits per heavy atom. The van der Waals surface area contributed by atoms with Gasteiger partial charge >= 0.3 is 5.97 Å². The van der Waals surface area contributed by atoms with Crippen molar-refractivity contribution < 1.29 is 14.7 Å². The third kappa shape index (κ3) is 5.16. The Hall–Kier alpha value is -1.36. The molecule has 1 saturated heterocycles. The number of halogens is 1. The van der Waals surface area contributed by atoms with E-state index in [-0.39, 0.29) is 18.2 Å². The fourth-order valence-electron chi connectivity index (χ4n) is 2.81. The average Bonchev–Trinajstić information content (AvgIpc) is 2.44. The molecule has 5 heteroatoms. The van der Waals surface area contributed by atoms with Gasteiger partial charge in [-0.15, -0.1) is 0 Å². The van der Waals surface area contributed by atoms with Gasteiger partial charge in [0, 0.05) is 30.4 Å². The summed E-state index contributed by atoms with van der Waals surface area (Å²) in [5, 5.41) is 8.86. The monoisotopic (exact) mass is 353 g/mol. The van der Waals surface area contributed by atoms with Gasteiger partial charge in [0.1, 0.15) is 0 Å². The van der Waals surface area contributed by atoms with E-state index < -0.39 is 5.97 Å². The summed E-state index contributed by atoms with van der Waals surface area (Å²) in [5.74, 6) is -0.542. The molecular formula is C16H20BrNO3. The lowest BCUT2D eigenvalue weighted by Gasteiger charge is -2.32. The molecule has 2 rings (SSSR count). The number of hydrogen-bond donors (Lipinski definition) is 1. The first-order chi connectivity index (χ1) is 10.0. The van der Waals surface area contributed by atoms with Crippen LogP contribution in [0.4, 0.5) is 0 Å². The van der Waals surface area contributed by atoms with Crippen molar-refractivity contribution in [3.8, 4) is 0 Å². The molecule has 1 amide bonds. The second kappa shape index (κ2) is 7.59. The number of rotatable bonds is 5. The molecule has 0 saturated carbocycles. The summed E-state index contributed by atoms with van der Waals surface area (Å²) in [7, 11) is 0. The Morgan fingerprint density at radius 1 is 1.38 bits per heavy atom. The Labute approximate surface area is 133 Å². The van der Waals surface area contributed by atoms with E-state index in [0.29, 0.717) is 13.0 Å². The van der Waals surface area contributed by atoms with Gasteiger partial charge in [-0.3, -0.25) is 9.59 Å². The molecule has 1 aliphatic heterocycles. The zero-order chi connectivity index (χ0) is 15.2. The van der Waals surface area contributed by atoms with Crippen LogP contribution < -0.4 is 0 Å². The van der Waals surface area contributed by atoms with Crippen molar-refractivity contribution in [3.63, 3.8) is 0 Å². The maximum Gasteiger partial charge on any atom is 0.303 e. The maximum atomic E-state index is 12.3. The second-order valence-corrected chi connectivity index (χ2v) is 6.49. The van der Waals surface area contributed by atoms with Gasteiger partial charge in [-0.05, 0) is 42.9 Å². The largest absolute Gasteiger partial charge is 0.481 e. The number of carbonyl (C=O) groups is 2. The minimum Gasteiger partial charge on any atom is -0.481 e. The van der Waals surface area contributed by atoms with E-state index in [1.807, 2.05) is 29.2 Å². The molecular weight excluding hydrogens is 334 g/mol. The Balaban J connectivity index is 1.83. The highest BCUT2D eigenvalue weighted by Crippen LogP contribution is 2.21. The van der Waals surface area contributed by atoms with Gasteiger partial charge in [-0.25, -0.2) is 0 Å². The van der Waals surface area contributed by atoms with Gasteiger partial charge in [0.2, 0.25) is 5.91 Å². The van der Waals surface area contributed by atoms with Crippen molar-refractivity contribution in [1.82, 2.24) is 4.90 Å². The van der Waals surface area contributed by atoms with Gasteiger partial charge in [0.25, 0.3) is 0 Å². The fraction of sp³-hybridized carbons (Fsp3) is 0.500. The van der Waals surface area contributed by atoms with Crippen LogP contribution in [0.3, 0.4) is 0 Å². The molecule has 1 fully saturated rings. The molecule has 0 aliphatic carbocycles. The third-order valence-corrected chi connectivity index (χ3v) is 4.34. The van der Waals surface area contributed by atoms with Crippen LogP contribution in [0.25, 0.3) is 0 Å². The summed E-state index contributed by atoms with van der Waals surface area (Å²) < 4.78 is 1.02. The number of carboxylic acids is 1. The van der Waals surface area contributed by atoms with Gasteiger partial charge in [-0.1, -0.05) is 28.1 Å². The molecule has 1 heterocycles. The molecule has 0 bridgehead atoms. The number of aliphatic carboxylic acids is 1. The van der Waals surface area contributed by atoms with Gasteiger partial charge < -0.3 is 10.0 Å². The van der Waals surface area contributed by atoms with Crippen LogP contribution in [0, 0.1) is 5.92 Å². The number of likely N-dealkylation sites (tertiary alicyclic amines) is 1. The van der Waals surface area contributed by atoms with E-state index in [9.17, 15) is 9.59 Å². The lowest BCUT2D eigenvalue weighted by Crippen LogP contribution is -2.40. The highest BCUT2D eigenvalue weighted by molar-refractivity contribution is 9.10. The van der Waals surface area contributed by atoms with E-state index >= 15 is 0 Å². The Bertz CT molecular complexity index is 518. The predicted molar refractivity (Wildman–Crippen MR) is 84.0 cm³/mol. The van der Waals surface area contributed by atoms with E-state index in [1.54, 1.807) is 0 Å². The second-order valence-electron chi connectivity index (χ2n) is 5.58. The quantitative estimate of drug-likeness (QED) is 0.884. The molecule has 1 N–H and O–H groups in total. The number of nitrogens with zero attached hydrogens (tertiary/aromatic N) is 1. The lowest BCUT2D eigenvalue weighted by molar-refractivity contribution is -0.140.